The predicted octanol–water partition coefficient (Wildman–Crippen LogP) is 4.90. The summed E-state index contributed by atoms with van der Waals surface area (Å²) in [5.41, 5.74) is -3.77. The van der Waals surface area contributed by atoms with Crippen molar-refractivity contribution in [1.29, 1.82) is 0 Å². The number of nitrogens with zero attached hydrogens (tertiary/aromatic N) is 1. The Morgan fingerprint density at radius 3 is 2.35 bits per heavy atom. The minimum atomic E-state index is -4.79. The van der Waals surface area contributed by atoms with E-state index in [9.17, 15) is 40.3 Å². The van der Waals surface area contributed by atoms with Gasteiger partial charge >= 0.3 is 12.4 Å². The van der Waals surface area contributed by atoms with E-state index in [0.717, 1.165) is 4.90 Å². The first-order chi connectivity index (χ1) is 14.0. The molecule has 1 aromatic carbocycles. The molecule has 0 saturated carbocycles. The summed E-state index contributed by atoms with van der Waals surface area (Å²) >= 11 is 0.185. The predicted molar refractivity (Wildman–Crippen MR) is 98.1 cm³/mol. The van der Waals surface area contributed by atoms with Gasteiger partial charge in [0.25, 0.3) is 5.91 Å². The van der Waals surface area contributed by atoms with Gasteiger partial charge in [-0.2, -0.15) is 26.3 Å². The van der Waals surface area contributed by atoms with Crippen LogP contribution >= 0.6 is 11.8 Å². The van der Waals surface area contributed by atoms with Crippen LogP contribution in [0.3, 0.4) is 0 Å². The second-order valence-corrected chi connectivity index (χ2v) is 7.99. The van der Waals surface area contributed by atoms with Gasteiger partial charge in [0, 0.05) is 0 Å². The van der Waals surface area contributed by atoms with E-state index in [1.54, 1.807) is 0 Å². The molecule has 0 fully saturated rings. The molecule has 0 unspecified atom stereocenters. The van der Waals surface area contributed by atoms with Crippen LogP contribution in [0.5, 0.6) is 0 Å². The minimum Gasteiger partial charge on any atom is -0.476 e. The van der Waals surface area contributed by atoms with Crippen LogP contribution in [-0.2, 0) is 20.5 Å². The third-order valence-corrected chi connectivity index (χ3v) is 5.54. The molecule has 2 rings (SSSR count). The number of carbonyl (C=O) groups excluding carboxylic acids is 2. The van der Waals surface area contributed by atoms with Gasteiger partial charge in [-0.05, 0) is 39.0 Å². The molecule has 1 aliphatic rings. The quantitative estimate of drug-likeness (QED) is 0.617. The van der Waals surface area contributed by atoms with Crippen molar-refractivity contribution in [2.75, 3.05) is 17.8 Å². The Morgan fingerprint density at radius 2 is 1.81 bits per heavy atom. The molecule has 5 nitrogen and oxygen atoms in total. The number of benzene rings is 1. The second-order valence-electron chi connectivity index (χ2n) is 7.00. The fraction of sp³-hybridized carbons (Fsp3) is 0.444. The molecule has 31 heavy (non-hydrogen) atoms. The maximum atomic E-state index is 13.9. The van der Waals surface area contributed by atoms with E-state index in [4.69, 9.17) is 4.74 Å². The first-order valence-electron chi connectivity index (χ1n) is 8.57. The van der Waals surface area contributed by atoms with Crippen molar-refractivity contribution >= 4 is 29.3 Å². The highest BCUT2D eigenvalue weighted by Crippen LogP contribution is 2.35. The van der Waals surface area contributed by atoms with E-state index in [-0.39, 0.29) is 22.4 Å². The number of amides is 2. The summed E-state index contributed by atoms with van der Waals surface area (Å²) in [7, 11) is 0. The summed E-state index contributed by atoms with van der Waals surface area (Å²) in [4.78, 5) is 25.8. The SMILES string of the molecule is CC1=C(SCC(F)(F)F)C(=O)N(C(C)(C)C(=O)Nc2cc(C(F)(F)F)ccc2F)CO1. The molecule has 0 atom stereocenters. The maximum Gasteiger partial charge on any atom is 0.416 e. The van der Waals surface area contributed by atoms with Crippen LogP contribution in [0.1, 0.15) is 26.3 Å². The number of allylic oxidation sites excluding steroid dienone is 1. The number of alkyl halides is 6. The molecule has 0 bridgehead atoms. The van der Waals surface area contributed by atoms with Gasteiger partial charge in [-0.3, -0.25) is 14.5 Å². The van der Waals surface area contributed by atoms with Gasteiger partial charge in [0.05, 0.1) is 17.0 Å². The number of halogens is 7. The van der Waals surface area contributed by atoms with Crippen molar-refractivity contribution < 1.29 is 45.1 Å². The number of hydrogen-bond acceptors (Lipinski definition) is 4. The molecule has 0 aliphatic carbocycles. The third-order valence-electron chi connectivity index (χ3n) is 4.32. The number of rotatable bonds is 5. The summed E-state index contributed by atoms with van der Waals surface area (Å²) in [6.45, 7) is 3.19. The lowest BCUT2D eigenvalue weighted by molar-refractivity contribution is -0.148. The topological polar surface area (TPSA) is 58.6 Å². The van der Waals surface area contributed by atoms with Crippen LogP contribution in [0.15, 0.2) is 28.9 Å². The van der Waals surface area contributed by atoms with Crippen molar-refractivity contribution in [3.8, 4) is 0 Å². The van der Waals surface area contributed by atoms with Gasteiger partial charge in [-0.1, -0.05) is 0 Å². The van der Waals surface area contributed by atoms with Crippen molar-refractivity contribution in [3.05, 3.63) is 40.2 Å². The molecular weight excluding hydrogens is 457 g/mol. The number of hydrogen-bond donors (Lipinski definition) is 1. The van der Waals surface area contributed by atoms with Crippen LogP contribution in [0, 0.1) is 5.82 Å². The van der Waals surface area contributed by atoms with Crippen molar-refractivity contribution in [2.45, 2.75) is 38.7 Å². The monoisotopic (exact) mass is 474 g/mol. The molecule has 172 valence electrons. The van der Waals surface area contributed by atoms with E-state index in [2.05, 4.69) is 0 Å². The van der Waals surface area contributed by atoms with Gasteiger partial charge in [-0.25, -0.2) is 4.39 Å². The van der Waals surface area contributed by atoms with Gasteiger partial charge in [0.1, 0.15) is 22.0 Å². The summed E-state index contributed by atoms with van der Waals surface area (Å²) in [5.74, 6) is -4.57. The molecular formula is C18H17F7N2O3S. The van der Waals surface area contributed by atoms with E-state index in [1.807, 2.05) is 5.32 Å². The molecule has 0 spiro atoms. The lowest BCUT2D eigenvalue weighted by Gasteiger charge is -2.40. The van der Waals surface area contributed by atoms with Crippen LogP contribution < -0.4 is 5.32 Å². The van der Waals surface area contributed by atoms with Crippen LogP contribution in [0.25, 0.3) is 0 Å². The van der Waals surface area contributed by atoms with E-state index in [1.165, 1.54) is 20.8 Å². The lowest BCUT2D eigenvalue weighted by atomic mass is 10.0. The number of nitrogens with one attached hydrogen (secondary N) is 1. The highest BCUT2D eigenvalue weighted by molar-refractivity contribution is 8.04. The Bertz CT molecular complexity index is 910. The lowest BCUT2D eigenvalue weighted by Crippen LogP contribution is -2.57. The molecule has 0 aromatic heterocycles. The number of carbonyl (C=O) groups is 2. The molecule has 0 saturated heterocycles. The molecule has 1 aromatic rings. The van der Waals surface area contributed by atoms with E-state index >= 15 is 0 Å². The molecule has 1 N–H and O–H groups in total. The Kier molecular flexibility index (Phi) is 6.88. The van der Waals surface area contributed by atoms with Crippen LogP contribution in [0.2, 0.25) is 0 Å². The summed E-state index contributed by atoms with van der Waals surface area (Å²) in [6.07, 6.45) is -9.35. The van der Waals surface area contributed by atoms with Gasteiger partial charge in [-0.15, -0.1) is 11.8 Å². The molecule has 1 aliphatic heterocycles. The molecule has 13 heteroatoms. The Hall–Kier alpha value is -2.44. The minimum absolute atomic E-state index is 0.0596. The second kappa shape index (κ2) is 8.60. The largest absolute Gasteiger partial charge is 0.476 e. The highest BCUT2D eigenvalue weighted by atomic mass is 32.2. The smallest absolute Gasteiger partial charge is 0.416 e. The van der Waals surface area contributed by atoms with E-state index < -0.39 is 59.3 Å². The van der Waals surface area contributed by atoms with Gasteiger partial charge in [0.15, 0.2) is 6.73 Å². The summed E-state index contributed by atoms with van der Waals surface area (Å²) in [5, 5.41) is 2.00. The van der Waals surface area contributed by atoms with Crippen molar-refractivity contribution in [1.82, 2.24) is 4.90 Å². The normalized spacial score (nSPS) is 15.8. The van der Waals surface area contributed by atoms with Gasteiger partial charge < -0.3 is 10.1 Å². The van der Waals surface area contributed by atoms with Crippen LogP contribution in [-0.4, -0.2) is 40.9 Å². The van der Waals surface area contributed by atoms with E-state index in [0.29, 0.717) is 18.2 Å². The van der Waals surface area contributed by atoms with Crippen molar-refractivity contribution in [2.24, 2.45) is 0 Å². The average molecular weight is 474 g/mol. The highest BCUT2D eigenvalue weighted by Gasteiger charge is 2.43. The maximum absolute atomic E-state index is 13.9. The summed E-state index contributed by atoms with van der Waals surface area (Å²) in [6, 6.07) is 1.42. The molecule has 0 radical (unpaired) electrons. The number of ether oxygens (including phenoxy) is 1. The van der Waals surface area contributed by atoms with Crippen LogP contribution in [0.4, 0.5) is 36.4 Å². The number of thioether (sulfide) groups is 1. The first-order valence-corrected chi connectivity index (χ1v) is 9.56. The molecule has 2 amide bonds. The molecule has 1 heterocycles. The fourth-order valence-corrected chi connectivity index (χ4v) is 3.29. The van der Waals surface area contributed by atoms with Gasteiger partial charge in [0.2, 0.25) is 5.91 Å². The standard InChI is InChI=1S/C18H17F7N2O3S/c1-9-13(31-7-17(20,21)22)14(28)27(8-30-9)16(2,3)15(29)26-12-6-10(18(23,24)25)4-5-11(12)19/h4-6H,7-8H2,1-3H3,(H,26,29). The number of anilines is 1. The fourth-order valence-electron chi connectivity index (χ4n) is 2.49. The average Bonchev–Trinajstić information content (AvgIpc) is 2.61. The first kappa shape index (κ1) is 24.8. The summed E-state index contributed by atoms with van der Waals surface area (Å²) < 4.78 is 95.3. The third kappa shape index (κ3) is 5.83. The Labute approximate surface area is 176 Å². The Balaban J connectivity index is 2.25. The zero-order chi connectivity index (χ0) is 23.8. The zero-order valence-corrected chi connectivity index (χ0v) is 17.2. The zero-order valence-electron chi connectivity index (χ0n) is 16.4. The Morgan fingerprint density at radius 1 is 1.19 bits per heavy atom. The van der Waals surface area contributed by atoms with Crippen molar-refractivity contribution in [3.63, 3.8) is 0 Å².